The van der Waals surface area contributed by atoms with Gasteiger partial charge in [-0.25, -0.2) is 4.98 Å². The van der Waals surface area contributed by atoms with Crippen molar-refractivity contribution in [1.82, 2.24) is 20.2 Å². The van der Waals surface area contributed by atoms with Crippen molar-refractivity contribution in [1.29, 1.82) is 0 Å². The summed E-state index contributed by atoms with van der Waals surface area (Å²) in [4.78, 5) is 25.5. The Hall–Kier alpha value is -2.99. The predicted octanol–water partition coefficient (Wildman–Crippen LogP) is 8.56. The predicted molar refractivity (Wildman–Crippen MR) is 320 cm³/mol. The number of nitrogens with one attached hydrogen (secondary N) is 2. The van der Waals surface area contributed by atoms with Crippen molar-refractivity contribution in [3.8, 4) is 0 Å². The van der Waals surface area contributed by atoms with Crippen molar-refractivity contribution in [2.45, 2.75) is 178 Å². The number of hydrogen-bond donors (Lipinski definition) is 9. The monoisotopic (exact) mass is 1150 g/mol. The number of rotatable bonds is 10. The summed E-state index contributed by atoms with van der Waals surface area (Å²) in [5.74, 6) is -2.12. The first kappa shape index (κ1) is 57.1. The molecule has 13 nitrogen and oxygen atoms in total. The summed E-state index contributed by atoms with van der Waals surface area (Å²) in [5.41, 5.74) is 11.1. The van der Waals surface area contributed by atoms with E-state index in [0.29, 0.717) is 30.9 Å². The fraction of sp³-hybridized carbons (Fsp3) is 0.742. The van der Waals surface area contributed by atoms with Crippen molar-refractivity contribution in [2.75, 3.05) is 32.5 Å². The molecule has 0 radical (unpaired) electrons. The van der Waals surface area contributed by atoms with Crippen molar-refractivity contribution in [3.05, 3.63) is 88.6 Å². The molecule has 10 N–H and O–H groups in total. The van der Waals surface area contributed by atoms with Gasteiger partial charge in [-0.3, -0.25) is 9.79 Å². The van der Waals surface area contributed by atoms with E-state index in [9.17, 15) is 25.5 Å². The second-order valence-electron chi connectivity index (χ2n) is 28.9. The summed E-state index contributed by atoms with van der Waals surface area (Å²) in [6, 6.07) is 10.7. The van der Waals surface area contributed by atoms with E-state index in [-0.39, 0.29) is 94.9 Å². The fourth-order valence-electron chi connectivity index (χ4n) is 22.7. The normalized spacial score (nSPS) is 44.4. The molecule has 8 fully saturated rings. The van der Waals surface area contributed by atoms with Gasteiger partial charge >= 0.3 is 0 Å². The van der Waals surface area contributed by atoms with E-state index >= 15 is 9.90 Å². The Labute approximate surface area is 489 Å². The number of nitrogens with two attached hydrogens (primary N) is 1. The number of nitrogens with zero attached hydrogens (tertiary/aromatic N) is 3. The van der Waals surface area contributed by atoms with E-state index < -0.39 is 64.6 Å². The Bertz CT molecular complexity index is 2820. The molecule has 1 saturated heterocycles. The first-order valence-electron chi connectivity index (χ1n) is 31.7. The first-order valence-corrected chi connectivity index (χ1v) is 34.1. The molecule has 1 aromatic carbocycles. The number of aliphatic hydroxyl groups is 6. The molecular formula is C66H94N6O7S2. The number of carbonyl (C=O) groups excluding carboxylic acids is 1. The molecule has 2 aromatic rings. The number of aliphatic imine (C=N–C) groups is 1. The molecule has 13 rings (SSSR count). The molecule has 21 atom stereocenters. The maximum absolute atomic E-state index is 15.8. The molecule has 81 heavy (non-hydrogen) atoms. The number of carbonyl (C=O) groups is 1. The van der Waals surface area contributed by atoms with Crippen LogP contribution in [-0.4, -0.2) is 120 Å². The third kappa shape index (κ3) is 8.63. The van der Waals surface area contributed by atoms with Crippen LogP contribution >= 0.6 is 21.6 Å². The quantitative estimate of drug-likeness (QED) is 0.0359. The highest BCUT2D eigenvalue weighted by molar-refractivity contribution is 8.76. The lowest BCUT2D eigenvalue weighted by molar-refractivity contribution is -0.216. The van der Waals surface area contributed by atoms with Gasteiger partial charge < -0.3 is 51.6 Å². The zero-order valence-corrected chi connectivity index (χ0v) is 50.4. The number of hydrogen-bond acceptors (Lipinski definition) is 12. The molecule has 1 spiro atoms. The summed E-state index contributed by atoms with van der Waals surface area (Å²) in [6.07, 6.45) is 20.5. The maximum atomic E-state index is 15.8. The zero-order chi connectivity index (χ0) is 56.5. The summed E-state index contributed by atoms with van der Waals surface area (Å²) in [7, 11) is 5.61. The number of ketones is 1. The second-order valence-corrected chi connectivity index (χ2v) is 31.6. The lowest BCUT2D eigenvalue weighted by atomic mass is 9.38. The summed E-state index contributed by atoms with van der Waals surface area (Å²) >= 11 is 0. The van der Waals surface area contributed by atoms with Crippen LogP contribution in [0.1, 0.15) is 142 Å². The molecule has 1 aromatic heterocycles. The minimum atomic E-state index is -1.72. The minimum Gasteiger partial charge on any atom is -0.396 e. The average Bonchev–Trinajstić information content (AvgIpc) is 1.94. The SMILES string of the molecule is CNCC1C(O)C(O)CC2(C)C1C(=O)C=C1C2C(CN=C(N)NC(C)O)C2CCC3C4CCCC5=C4C4C(=C6CCCC7(CCCC7)C56)C(C)(C)CC(n5ccnc5)CSSC(CCc5ccccc5)C5CC(C3C4O)C2(CO)C15O. The van der Waals surface area contributed by atoms with Crippen LogP contribution < -0.4 is 16.4 Å². The lowest BCUT2D eigenvalue weighted by Crippen LogP contribution is -2.71. The maximum Gasteiger partial charge on any atom is 0.190 e. The molecule has 11 aliphatic rings. The van der Waals surface area contributed by atoms with Crippen LogP contribution in [0, 0.1) is 92.7 Å². The highest BCUT2D eigenvalue weighted by Crippen LogP contribution is 2.79. The van der Waals surface area contributed by atoms with Gasteiger partial charge in [-0.05, 0) is 185 Å². The minimum absolute atomic E-state index is 0.0954. The van der Waals surface area contributed by atoms with Crippen LogP contribution in [0.3, 0.4) is 0 Å². The van der Waals surface area contributed by atoms with Gasteiger partial charge in [-0.15, -0.1) is 0 Å². The number of benzene rings is 1. The smallest absolute Gasteiger partial charge is 0.190 e. The molecule has 10 aliphatic carbocycles. The van der Waals surface area contributed by atoms with Gasteiger partial charge in [-0.1, -0.05) is 108 Å². The van der Waals surface area contributed by atoms with E-state index in [0.717, 1.165) is 57.1 Å². The second kappa shape index (κ2) is 21.5. The molecule has 7 saturated carbocycles. The Balaban J connectivity index is 1.07. The van der Waals surface area contributed by atoms with Gasteiger partial charge in [0, 0.05) is 77.5 Å². The van der Waals surface area contributed by atoms with Gasteiger partial charge in [0.15, 0.2) is 11.7 Å². The van der Waals surface area contributed by atoms with E-state index in [1.54, 1.807) is 29.7 Å². The van der Waals surface area contributed by atoms with Gasteiger partial charge in [0.25, 0.3) is 0 Å². The largest absolute Gasteiger partial charge is 0.396 e. The number of guanidine groups is 1. The molecule has 1 aliphatic heterocycles. The number of fused-ring (bicyclic) bond motifs is 10. The molecule has 442 valence electrons. The van der Waals surface area contributed by atoms with E-state index in [1.807, 2.05) is 41.2 Å². The van der Waals surface area contributed by atoms with Crippen molar-refractivity contribution in [3.63, 3.8) is 0 Å². The zero-order valence-electron chi connectivity index (χ0n) is 48.8. The summed E-state index contributed by atoms with van der Waals surface area (Å²) in [5, 5.41) is 84.2. The number of allylic oxidation sites excluding steroid dienone is 3. The first-order chi connectivity index (χ1) is 38.9. The lowest BCUT2D eigenvalue weighted by Gasteiger charge is -2.67. The molecule has 4 bridgehead atoms. The molecule has 2 heterocycles. The van der Waals surface area contributed by atoms with Crippen molar-refractivity contribution < 1.29 is 35.4 Å². The third-order valence-corrected chi connectivity index (χ3v) is 27.9. The van der Waals surface area contributed by atoms with Crippen LogP contribution in [0.2, 0.25) is 0 Å². The van der Waals surface area contributed by atoms with Crippen LogP contribution in [0.25, 0.3) is 0 Å². The number of aromatic nitrogens is 2. The Morgan fingerprint density at radius 2 is 1.70 bits per heavy atom. The topological polar surface area (TPSA) is 219 Å². The van der Waals surface area contributed by atoms with E-state index in [4.69, 9.17) is 10.7 Å². The van der Waals surface area contributed by atoms with Crippen LogP contribution in [0.4, 0.5) is 0 Å². The Morgan fingerprint density at radius 1 is 0.938 bits per heavy atom. The molecule has 15 heteroatoms. The van der Waals surface area contributed by atoms with Crippen LogP contribution in [0.5, 0.6) is 0 Å². The van der Waals surface area contributed by atoms with Gasteiger partial charge in [0.1, 0.15) is 6.23 Å². The summed E-state index contributed by atoms with van der Waals surface area (Å²) in [6.45, 7) is 8.96. The molecule has 21 unspecified atom stereocenters. The average molecular weight is 1150 g/mol. The number of imidazole rings is 1. The van der Waals surface area contributed by atoms with Gasteiger partial charge in [-0.2, -0.15) is 0 Å². The highest BCUT2D eigenvalue weighted by Gasteiger charge is 2.80. The molecular weight excluding hydrogens is 1050 g/mol. The summed E-state index contributed by atoms with van der Waals surface area (Å²) < 4.78 is 2.33. The van der Waals surface area contributed by atoms with E-state index in [1.165, 1.54) is 49.7 Å². The Morgan fingerprint density at radius 3 is 2.43 bits per heavy atom. The Kier molecular flexibility index (Phi) is 15.1. The van der Waals surface area contributed by atoms with Gasteiger partial charge in [0.2, 0.25) is 0 Å². The number of aliphatic hydroxyl groups excluding tert-OH is 5. The fourth-order valence-corrected chi connectivity index (χ4v) is 26.0. The van der Waals surface area contributed by atoms with E-state index in [2.05, 4.69) is 77.5 Å². The van der Waals surface area contributed by atoms with Crippen molar-refractivity contribution in [2.24, 2.45) is 103 Å². The van der Waals surface area contributed by atoms with Crippen LogP contribution in [0.15, 0.2) is 88.0 Å². The third-order valence-electron chi connectivity index (χ3n) is 24.9. The van der Waals surface area contributed by atoms with Crippen molar-refractivity contribution >= 4 is 33.3 Å². The standard InChI is InChI=1S/C66H94N6O7S2/c1-36(74)71-61(67)70-32-43-45-20-19-40-39-15-11-16-41-52(39)54-58(42-17-12-24-64(55(41)42)22-9-10-23-64)62(2,3)29-38(72-26-25-69-35-72)33-80-81-51(21-18-37-13-7-6-8-14-37)46-27-47(53(40)60(54)78)65(45,34-73)66(46,79)48-28-49(75)57-44(31-68-5)59(77)50(76)30-63(57,4)56(43)48/h6-8,13-14,25-26,28,35-36,38-40,43-47,50-51,53-57,59-60,68,73-74,76-79H,9-12,15-24,27,29-34H2,1-5H3,(H3,67,70,71). The highest BCUT2D eigenvalue weighted by atomic mass is 33.1. The number of aryl methyl sites for hydroxylation is 1. The van der Waals surface area contributed by atoms with Crippen LogP contribution in [-0.2, 0) is 11.2 Å². The molecule has 0 amide bonds. The van der Waals surface area contributed by atoms with Gasteiger partial charge in [0.05, 0.1) is 36.8 Å².